The summed E-state index contributed by atoms with van der Waals surface area (Å²) in [6.07, 6.45) is -9.33. The molecule has 10 heteroatoms. The molecule has 182 valence electrons. The fourth-order valence-corrected chi connectivity index (χ4v) is 4.06. The van der Waals surface area contributed by atoms with Crippen molar-refractivity contribution >= 4 is 18.3 Å². The number of piperidine rings is 1. The van der Waals surface area contributed by atoms with Gasteiger partial charge in [-0.05, 0) is 49.2 Å². The predicted molar refractivity (Wildman–Crippen MR) is 115 cm³/mol. The highest BCUT2D eigenvalue weighted by Gasteiger charge is 2.38. The number of rotatable bonds is 4. The fraction of sp³-hybridized carbons (Fsp3) is 0.435. The van der Waals surface area contributed by atoms with Gasteiger partial charge in [-0.1, -0.05) is 29.8 Å². The van der Waals surface area contributed by atoms with Gasteiger partial charge in [-0.15, -0.1) is 12.4 Å². The smallest absolute Gasteiger partial charge is 0.341 e. The zero-order valence-electron chi connectivity index (χ0n) is 18.1. The summed E-state index contributed by atoms with van der Waals surface area (Å²) < 4.78 is 78.8. The van der Waals surface area contributed by atoms with Crippen LogP contribution < -0.4 is 5.32 Å². The summed E-state index contributed by atoms with van der Waals surface area (Å²) in [4.78, 5) is 14.4. The van der Waals surface area contributed by atoms with Crippen molar-refractivity contribution in [2.45, 2.75) is 38.2 Å². The second kappa shape index (κ2) is 10.3. The first-order valence-corrected chi connectivity index (χ1v) is 10.2. The number of alkyl halides is 6. The Bertz CT molecular complexity index is 927. The maximum absolute atomic E-state index is 13.2. The van der Waals surface area contributed by atoms with Crippen molar-refractivity contribution in [2.24, 2.45) is 5.92 Å². The Labute approximate surface area is 194 Å². The first-order valence-electron chi connectivity index (χ1n) is 10.2. The van der Waals surface area contributed by atoms with Crippen molar-refractivity contribution in [2.75, 3.05) is 20.1 Å². The molecule has 0 spiro atoms. The van der Waals surface area contributed by atoms with Crippen LogP contribution in [0.2, 0.25) is 0 Å². The van der Waals surface area contributed by atoms with Crippen LogP contribution in [0.4, 0.5) is 26.3 Å². The average molecular weight is 495 g/mol. The maximum atomic E-state index is 13.2. The van der Waals surface area contributed by atoms with Crippen molar-refractivity contribution in [3.63, 3.8) is 0 Å². The molecular weight excluding hydrogens is 470 g/mol. The van der Waals surface area contributed by atoms with Gasteiger partial charge in [0.05, 0.1) is 11.1 Å². The number of aryl methyl sites for hydroxylation is 1. The van der Waals surface area contributed by atoms with Crippen molar-refractivity contribution < 1.29 is 31.1 Å². The van der Waals surface area contributed by atoms with Gasteiger partial charge in [0.1, 0.15) is 0 Å². The molecule has 1 amide bonds. The third-order valence-electron chi connectivity index (χ3n) is 5.75. The molecule has 0 bridgehead atoms. The van der Waals surface area contributed by atoms with Crippen LogP contribution in [0.15, 0.2) is 42.5 Å². The Hall–Kier alpha value is -2.26. The lowest BCUT2D eigenvalue weighted by Gasteiger charge is -2.34. The number of benzene rings is 2. The van der Waals surface area contributed by atoms with Gasteiger partial charge >= 0.3 is 12.4 Å². The predicted octanol–water partition coefficient (Wildman–Crippen LogP) is 5.81. The van der Waals surface area contributed by atoms with Gasteiger partial charge in [-0.2, -0.15) is 26.3 Å². The molecule has 3 nitrogen and oxygen atoms in total. The zero-order valence-corrected chi connectivity index (χ0v) is 18.9. The molecule has 2 aromatic rings. The summed E-state index contributed by atoms with van der Waals surface area (Å²) in [6.45, 7) is 2.77. The third kappa shape index (κ3) is 6.63. The number of nitrogens with zero attached hydrogens (tertiary/aromatic N) is 1. The molecular formula is C23H25ClF6N2O. The van der Waals surface area contributed by atoms with E-state index in [4.69, 9.17) is 0 Å². The lowest BCUT2D eigenvalue weighted by atomic mass is 9.80. The van der Waals surface area contributed by atoms with Crippen LogP contribution in [0.1, 0.15) is 40.2 Å². The van der Waals surface area contributed by atoms with Crippen molar-refractivity contribution in [3.05, 3.63) is 70.3 Å². The molecule has 0 unspecified atom stereocenters. The standard InChI is InChI=1S/C23H24F6N2O.ClH/c1-14-3-5-16(6-4-14)20-12-30-8-7-19(20)21(32)31(2)13-15-9-17(22(24,25)26)11-18(10-15)23(27,28)29;/h3-6,9-11,19-20,30H,7-8,12-13H2,1-2H3;1H/t19-,20+;/m1./s1. The monoisotopic (exact) mass is 494 g/mol. The van der Waals surface area contributed by atoms with Crippen molar-refractivity contribution in [1.82, 2.24) is 10.2 Å². The van der Waals surface area contributed by atoms with Gasteiger partial charge in [0.25, 0.3) is 0 Å². The van der Waals surface area contributed by atoms with Gasteiger partial charge in [0, 0.05) is 32.0 Å². The molecule has 0 aliphatic carbocycles. The van der Waals surface area contributed by atoms with Crippen molar-refractivity contribution in [1.29, 1.82) is 0 Å². The van der Waals surface area contributed by atoms with E-state index in [0.717, 1.165) is 11.1 Å². The molecule has 3 rings (SSSR count). The topological polar surface area (TPSA) is 32.3 Å². The zero-order chi connectivity index (χ0) is 23.7. The van der Waals surface area contributed by atoms with Crippen LogP contribution in [0, 0.1) is 12.8 Å². The summed E-state index contributed by atoms with van der Waals surface area (Å²) in [6, 6.07) is 9.18. The van der Waals surface area contributed by atoms with Crippen LogP contribution in [-0.4, -0.2) is 30.9 Å². The third-order valence-corrected chi connectivity index (χ3v) is 5.75. The lowest BCUT2D eigenvalue weighted by molar-refractivity contribution is -0.143. The Balaban J connectivity index is 0.00000385. The molecule has 2 atom stereocenters. The molecule has 0 aromatic heterocycles. The van der Waals surface area contributed by atoms with Crippen LogP contribution in [0.25, 0.3) is 0 Å². The minimum atomic E-state index is -4.93. The number of nitrogens with one attached hydrogen (secondary N) is 1. The second-order valence-corrected chi connectivity index (χ2v) is 8.22. The number of carbonyl (C=O) groups excluding carboxylic acids is 1. The summed E-state index contributed by atoms with van der Waals surface area (Å²) in [5.41, 5.74) is -0.954. The van der Waals surface area contributed by atoms with E-state index in [-0.39, 0.29) is 42.4 Å². The van der Waals surface area contributed by atoms with E-state index in [2.05, 4.69) is 5.32 Å². The minimum Gasteiger partial charge on any atom is -0.341 e. The van der Waals surface area contributed by atoms with Gasteiger partial charge in [0.2, 0.25) is 5.91 Å². The van der Waals surface area contributed by atoms with Crippen LogP contribution in [0.5, 0.6) is 0 Å². The largest absolute Gasteiger partial charge is 0.416 e. The van der Waals surface area contributed by atoms with E-state index < -0.39 is 29.4 Å². The second-order valence-electron chi connectivity index (χ2n) is 8.22. The highest BCUT2D eigenvalue weighted by Crippen LogP contribution is 2.37. The van der Waals surface area contributed by atoms with Gasteiger partial charge in [-0.25, -0.2) is 0 Å². The maximum Gasteiger partial charge on any atom is 0.416 e. The van der Waals surface area contributed by atoms with Crippen molar-refractivity contribution in [3.8, 4) is 0 Å². The average Bonchev–Trinajstić information content (AvgIpc) is 2.72. The molecule has 2 aromatic carbocycles. The summed E-state index contributed by atoms with van der Waals surface area (Å²) in [5.74, 6) is -0.855. The molecule has 1 saturated heterocycles. The van der Waals surface area contributed by atoms with Gasteiger partial charge in [-0.3, -0.25) is 4.79 Å². The van der Waals surface area contributed by atoms with Gasteiger partial charge in [0.15, 0.2) is 0 Å². The Morgan fingerprint density at radius 3 is 2.06 bits per heavy atom. The van der Waals surface area contributed by atoms with E-state index in [1.165, 1.54) is 11.9 Å². The first-order chi connectivity index (χ1) is 14.9. The van der Waals surface area contributed by atoms with Crippen LogP contribution in [0.3, 0.4) is 0 Å². The Morgan fingerprint density at radius 2 is 1.55 bits per heavy atom. The molecule has 1 aliphatic rings. The summed E-state index contributed by atoms with van der Waals surface area (Å²) >= 11 is 0. The Kier molecular flexibility index (Phi) is 8.46. The van der Waals surface area contributed by atoms with Crippen LogP contribution >= 0.6 is 12.4 Å². The molecule has 1 fully saturated rings. The number of carbonyl (C=O) groups is 1. The van der Waals surface area contributed by atoms with Crippen LogP contribution in [-0.2, 0) is 23.7 Å². The lowest BCUT2D eigenvalue weighted by Crippen LogP contribution is -2.43. The normalized spacial score (nSPS) is 19.0. The first kappa shape index (κ1) is 27.0. The van der Waals surface area contributed by atoms with Gasteiger partial charge < -0.3 is 10.2 Å². The quantitative estimate of drug-likeness (QED) is 0.544. The van der Waals surface area contributed by atoms with E-state index >= 15 is 0 Å². The summed E-state index contributed by atoms with van der Waals surface area (Å²) in [5, 5.41) is 3.25. The number of hydrogen-bond acceptors (Lipinski definition) is 2. The minimum absolute atomic E-state index is 0. The number of halogens is 7. The summed E-state index contributed by atoms with van der Waals surface area (Å²) in [7, 11) is 1.41. The molecule has 1 heterocycles. The number of amides is 1. The fourth-order valence-electron chi connectivity index (χ4n) is 4.06. The van der Waals surface area contributed by atoms with E-state index in [1.54, 1.807) is 0 Å². The molecule has 1 N–H and O–H groups in total. The number of hydrogen-bond donors (Lipinski definition) is 1. The van der Waals surface area contributed by atoms with E-state index in [9.17, 15) is 31.1 Å². The highest BCUT2D eigenvalue weighted by atomic mass is 35.5. The van der Waals surface area contributed by atoms with E-state index in [1.807, 2.05) is 31.2 Å². The molecule has 33 heavy (non-hydrogen) atoms. The molecule has 0 saturated carbocycles. The van der Waals surface area contributed by atoms with E-state index in [0.29, 0.717) is 31.6 Å². The molecule has 0 radical (unpaired) electrons. The SMILES string of the molecule is Cc1ccc([C@@H]2CNCC[C@H]2C(=O)N(C)Cc2cc(C(F)(F)F)cc(C(F)(F)F)c2)cc1.Cl. The highest BCUT2D eigenvalue weighted by molar-refractivity contribution is 5.85. The Morgan fingerprint density at radius 1 is 1.00 bits per heavy atom. The molecule has 1 aliphatic heterocycles.